The summed E-state index contributed by atoms with van der Waals surface area (Å²) in [5.41, 5.74) is 2.36. The van der Waals surface area contributed by atoms with Gasteiger partial charge in [0, 0.05) is 55.9 Å². The number of carbonyl (C=O) groups is 2. The van der Waals surface area contributed by atoms with Gasteiger partial charge in [-0.25, -0.2) is 9.18 Å². The van der Waals surface area contributed by atoms with Gasteiger partial charge in [0.05, 0.1) is 6.04 Å². The fraction of sp³-hybridized carbons (Fsp3) is 0.636. The predicted molar refractivity (Wildman–Crippen MR) is 112 cm³/mol. The van der Waals surface area contributed by atoms with E-state index in [1.54, 1.807) is 6.07 Å². The van der Waals surface area contributed by atoms with Crippen molar-refractivity contribution in [1.29, 1.82) is 0 Å². The number of halogens is 1. The average Bonchev–Trinajstić information content (AvgIpc) is 3.36. The van der Waals surface area contributed by atoms with Crippen LogP contribution in [0.5, 0.6) is 0 Å². The lowest BCUT2D eigenvalue weighted by atomic mass is 9.89. The number of piperazine rings is 1. The second-order valence-corrected chi connectivity index (χ2v) is 9.17. The fourth-order valence-corrected chi connectivity index (χ4v) is 5.62. The summed E-state index contributed by atoms with van der Waals surface area (Å²) >= 11 is 0. The number of nitrogens with one attached hydrogen (secondary N) is 3. The molecule has 0 spiro atoms. The zero-order chi connectivity index (χ0) is 20.8. The summed E-state index contributed by atoms with van der Waals surface area (Å²) in [4.78, 5) is 29.2. The Morgan fingerprint density at radius 3 is 2.93 bits per heavy atom. The largest absolute Gasteiger partial charge is 0.373 e. The van der Waals surface area contributed by atoms with E-state index in [1.165, 1.54) is 6.07 Å². The van der Waals surface area contributed by atoms with Gasteiger partial charge in [-0.2, -0.15) is 0 Å². The molecule has 30 heavy (non-hydrogen) atoms. The number of nitrogens with zero attached hydrogens (tertiary/aromatic N) is 2. The first-order chi connectivity index (χ1) is 14.5. The Morgan fingerprint density at radius 2 is 2.10 bits per heavy atom. The van der Waals surface area contributed by atoms with Gasteiger partial charge in [-0.3, -0.25) is 9.69 Å². The van der Waals surface area contributed by atoms with Crippen LogP contribution in [0.25, 0.3) is 0 Å². The van der Waals surface area contributed by atoms with E-state index in [-0.39, 0.29) is 29.8 Å². The number of benzene rings is 1. The van der Waals surface area contributed by atoms with Gasteiger partial charge in [0.25, 0.3) is 0 Å². The van der Waals surface area contributed by atoms with Gasteiger partial charge in [0.2, 0.25) is 5.91 Å². The second-order valence-electron chi connectivity index (χ2n) is 9.17. The molecule has 4 atom stereocenters. The number of carbonyl (C=O) groups excluding carboxylic acids is 2. The molecule has 0 bridgehead atoms. The quantitative estimate of drug-likeness (QED) is 0.701. The monoisotopic (exact) mass is 415 g/mol. The molecule has 3 heterocycles. The summed E-state index contributed by atoms with van der Waals surface area (Å²) in [7, 11) is 0. The molecule has 1 aliphatic carbocycles. The number of fused-ring (bicyclic) bond motifs is 2. The maximum atomic E-state index is 14.1. The third kappa shape index (κ3) is 3.51. The zero-order valence-corrected chi connectivity index (χ0v) is 17.4. The van der Waals surface area contributed by atoms with Crippen LogP contribution in [0.1, 0.15) is 36.8 Å². The summed E-state index contributed by atoms with van der Waals surface area (Å²) in [6.45, 7) is 5.24. The standard InChI is InChI=1S/C22H30FN5O2/c1-13-5-6-18(23)17-10-19(26-20(13)17)21(29)25-14-3-2-4-15(9-14)27-7-8-28-16(12-27)11-24-22(28)30/h5-6,14-16,19,26H,2-4,7-12H2,1H3,(H,24,30)(H,25,29)/t14-,15-,16-,19?/m1/s1. The maximum Gasteiger partial charge on any atom is 0.317 e. The minimum absolute atomic E-state index is 0.0361. The molecule has 162 valence electrons. The van der Waals surface area contributed by atoms with E-state index in [0.29, 0.717) is 18.0 Å². The van der Waals surface area contributed by atoms with Crippen molar-refractivity contribution in [2.45, 2.75) is 63.2 Å². The lowest BCUT2D eigenvalue weighted by Gasteiger charge is -2.43. The molecule has 3 aliphatic heterocycles. The van der Waals surface area contributed by atoms with Crippen LogP contribution in [0.4, 0.5) is 14.9 Å². The smallest absolute Gasteiger partial charge is 0.317 e. The van der Waals surface area contributed by atoms with Crippen LogP contribution < -0.4 is 16.0 Å². The van der Waals surface area contributed by atoms with Crippen molar-refractivity contribution in [2.24, 2.45) is 0 Å². The number of rotatable bonds is 3. The summed E-state index contributed by atoms with van der Waals surface area (Å²) in [5.74, 6) is -0.277. The van der Waals surface area contributed by atoms with Gasteiger partial charge in [-0.1, -0.05) is 6.07 Å². The molecule has 3 N–H and O–H groups in total. The van der Waals surface area contributed by atoms with E-state index in [2.05, 4.69) is 20.9 Å². The molecular formula is C22H30FN5O2. The van der Waals surface area contributed by atoms with Crippen molar-refractivity contribution in [3.63, 3.8) is 0 Å². The van der Waals surface area contributed by atoms with Crippen molar-refractivity contribution in [3.8, 4) is 0 Å². The van der Waals surface area contributed by atoms with Gasteiger partial charge < -0.3 is 20.9 Å². The van der Waals surface area contributed by atoms with Crippen LogP contribution in [0.15, 0.2) is 12.1 Å². The van der Waals surface area contributed by atoms with Crippen LogP contribution in [0.2, 0.25) is 0 Å². The Morgan fingerprint density at radius 1 is 1.23 bits per heavy atom. The molecule has 7 nitrogen and oxygen atoms in total. The third-order valence-corrected chi connectivity index (χ3v) is 7.28. The van der Waals surface area contributed by atoms with Crippen LogP contribution in [-0.4, -0.2) is 72.1 Å². The van der Waals surface area contributed by atoms with Crippen LogP contribution in [0.3, 0.4) is 0 Å². The molecule has 1 aromatic carbocycles. The van der Waals surface area contributed by atoms with Crippen molar-refractivity contribution in [1.82, 2.24) is 20.4 Å². The highest BCUT2D eigenvalue weighted by Gasteiger charge is 2.39. The van der Waals surface area contributed by atoms with Crippen LogP contribution >= 0.6 is 0 Å². The molecular weight excluding hydrogens is 385 g/mol. The van der Waals surface area contributed by atoms with Crippen molar-refractivity contribution >= 4 is 17.6 Å². The van der Waals surface area contributed by atoms with Crippen molar-refractivity contribution < 1.29 is 14.0 Å². The second kappa shape index (κ2) is 7.72. The Labute approximate surface area is 176 Å². The van der Waals surface area contributed by atoms with Gasteiger partial charge in [-0.05, 0) is 44.2 Å². The van der Waals surface area contributed by atoms with Gasteiger partial charge in [-0.15, -0.1) is 0 Å². The highest BCUT2D eigenvalue weighted by Crippen LogP contribution is 2.32. The van der Waals surface area contributed by atoms with Crippen LogP contribution in [-0.2, 0) is 11.2 Å². The topological polar surface area (TPSA) is 76.7 Å². The summed E-state index contributed by atoms with van der Waals surface area (Å²) in [6, 6.07) is 3.74. The molecule has 0 radical (unpaired) electrons. The van der Waals surface area contributed by atoms with E-state index < -0.39 is 6.04 Å². The van der Waals surface area contributed by atoms with E-state index in [1.807, 2.05) is 11.8 Å². The number of hydrogen-bond acceptors (Lipinski definition) is 4. The van der Waals surface area contributed by atoms with Crippen molar-refractivity contribution in [2.75, 3.05) is 31.5 Å². The van der Waals surface area contributed by atoms with Crippen LogP contribution in [0, 0.1) is 12.7 Å². The first-order valence-electron chi connectivity index (χ1n) is 11.1. The normalized spacial score (nSPS) is 31.0. The number of hydrogen-bond donors (Lipinski definition) is 3. The Balaban J connectivity index is 1.17. The highest BCUT2D eigenvalue weighted by molar-refractivity contribution is 5.88. The van der Waals surface area contributed by atoms with E-state index in [0.717, 1.165) is 63.1 Å². The lowest BCUT2D eigenvalue weighted by Crippen LogP contribution is -2.57. The first kappa shape index (κ1) is 19.6. The Hall–Kier alpha value is -2.35. The number of aryl methyl sites for hydroxylation is 1. The molecule has 1 aromatic rings. The fourth-order valence-electron chi connectivity index (χ4n) is 5.62. The SMILES string of the molecule is Cc1ccc(F)c2c1NC(C(=O)N[C@@H]1CCC[C@@H](N3CCN4C(=O)NC[C@@H]4C3)C1)C2. The number of amides is 3. The maximum absolute atomic E-state index is 14.1. The molecule has 4 aliphatic rings. The molecule has 1 unspecified atom stereocenters. The highest BCUT2D eigenvalue weighted by atomic mass is 19.1. The summed E-state index contributed by atoms with van der Waals surface area (Å²) < 4.78 is 14.1. The van der Waals surface area contributed by atoms with E-state index in [9.17, 15) is 14.0 Å². The molecule has 3 amide bonds. The third-order valence-electron chi connectivity index (χ3n) is 7.28. The molecule has 1 saturated carbocycles. The number of anilines is 1. The molecule has 5 rings (SSSR count). The van der Waals surface area contributed by atoms with E-state index in [4.69, 9.17) is 0 Å². The Bertz CT molecular complexity index is 831. The predicted octanol–water partition coefficient (Wildman–Crippen LogP) is 1.61. The minimum atomic E-state index is -0.407. The van der Waals surface area contributed by atoms with Crippen molar-refractivity contribution in [3.05, 3.63) is 29.1 Å². The summed E-state index contributed by atoms with van der Waals surface area (Å²) in [5, 5.41) is 9.40. The number of urea groups is 1. The Kier molecular flexibility index (Phi) is 5.05. The molecule has 2 saturated heterocycles. The van der Waals surface area contributed by atoms with Gasteiger partial charge in [0.15, 0.2) is 0 Å². The average molecular weight is 416 g/mol. The summed E-state index contributed by atoms with van der Waals surface area (Å²) in [6.07, 6.45) is 4.54. The molecule has 3 fully saturated rings. The molecule has 0 aromatic heterocycles. The van der Waals surface area contributed by atoms with Gasteiger partial charge in [0.1, 0.15) is 11.9 Å². The zero-order valence-electron chi connectivity index (χ0n) is 17.4. The minimum Gasteiger partial charge on any atom is -0.373 e. The first-order valence-corrected chi connectivity index (χ1v) is 11.1. The van der Waals surface area contributed by atoms with Gasteiger partial charge >= 0.3 is 6.03 Å². The lowest BCUT2D eigenvalue weighted by molar-refractivity contribution is -0.122. The van der Waals surface area contributed by atoms with E-state index >= 15 is 0 Å². The molecule has 8 heteroatoms.